The molecule has 0 atom stereocenters. The molecule has 0 fully saturated rings. The first-order valence-corrected chi connectivity index (χ1v) is 17.5. The Hall–Kier alpha value is -6.70. The molecular weight excluding hydrogens is 615 g/mol. The Balaban J connectivity index is 1.14. The zero-order chi connectivity index (χ0) is 34.0. The third-order valence-corrected chi connectivity index (χ3v) is 9.85. The summed E-state index contributed by atoms with van der Waals surface area (Å²) >= 11 is 0. The number of rotatable bonds is 7. The predicted octanol–water partition coefficient (Wildman–Crippen LogP) is 14.1. The van der Waals surface area contributed by atoms with Gasteiger partial charge in [-0.15, -0.1) is 0 Å². The molecule has 0 bridgehead atoms. The highest BCUT2D eigenvalue weighted by molar-refractivity contribution is 6.04. The average molecular weight is 650 g/mol. The van der Waals surface area contributed by atoms with Crippen LogP contribution in [0.25, 0.3) is 66.1 Å². The van der Waals surface area contributed by atoms with Crippen LogP contribution in [0.15, 0.2) is 212 Å². The molecule has 51 heavy (non-hydrogen) atoms. The quantitative estimate of drug-likeness (QED) is 0.166. The van der Waals surface area contributed by atoms with Gasteiger partial charge in [0.05, 0.1) is 0 Å². The Kier molecular flexibility index (Phi) is 7.92. The molecule has 0 aliphatic rings. The summed E-state index contributed by atoms with van der Waals surface area (Å²) in [6.07, 6.45) is 0. The minimum atomic E-state index is 1.11. The summed E-state index contributed by atoms with van der Waals surface area (Å²) < 4.78 is 0. The van der Waals surface area contributed by atoms with Crippen LogP contribution in [0.2, 0.25) is 0 Å². The van der Waals surface area contributed by atoms with E-state index in [-0.39, 0.29) is 0 Å². The predicted molar refractivity (Wildman–Crippen MR) is 218 cm³/mol. The van der Waals surface area contributed by atoms with E-state index in [9.17, 15) is 0 Å². The van der Waals surface area contributed by atoms with Crippen LogP contribution in [0.5, 0.6) is 0 Å². The topological polar surface area (TPSA) is 3.24 Å². The third-order valence-electron chi connectivity index (χ3n) is 9.85. The molecule has 240 valence electrons. The van der Waals surface area contributed by atoms with Crippen molar-refractivity contribution in [1.29, 1.82) is 0 Å². The second-order valence-corrected chi connectivity index (χ2v) is 13.0. The molecule has 0 heterocycles. The first-order valence-electron chi connectivity index (χ1n) is 17.5. The maximum Gasteiger partial charge on any atom is 0.0468 e. The number of fused-ring (bicyclic) bond motifs is 2. The normalized spacial score (nSPS) is 11.1. The van der Waals surface area contributed by atoms with Crippen molar-refractivity contribution in [1.82, 2.24) is 0 Å². The van der Waals surface area contributed by atoms with E-state index in [1.54, 1.807) is 0 Å². The van der Waals surface area contributed by atoms with Crippen LogP contribution in [0.4, 0.5) is 17.1 Å². The van der Waals surface area contributed by atoms with Crippen molar-refractivity contribution in [2.24, 2.45) is 0 Å². The molecule has 1 nitrogen and oxygen atoms in total. The summed E-state index contributed by atoms with van der Waals surface area (Å²) in [5.41, 5.74) is 13.1. The average Bonchev–Trinajstić information content (AvgIpc) is 3.22. The summed E-state index contributed by atoms with van der Waals surface area (Å²) in [6, 6.07) is 76.6. The first kappa shape index (κ1) is 30.4. The van der Waals surface area contributed by atoms with Gasteiger partial charge in [0, 0.05) is 17.1 Å². The number of benzene rings is 9. The molecule has 9 aromatic carbocycles. The van der Waals surface area contributed by atoms with Crippen LogP contribution in [-0.2, 0) is 0 Å². The molecule has 9 rings (SSSR count). The molecule has 9 aromatic rings. The maximum absolute atomic E-state index is 2.36. The Morgan fingerprint density at radius 1 is 0.255 bits per heavy atom. The SMILES string of the molecule is c1ccc(-c2cccc(-c3ccc(N(c4ccc(-c5c(-c6ccccc6)ccc6ccccc56)cc4)c4ccc5ccccc5c4)cc3)c2)cc1. The molecular formula is C50H35N. The number of nitrogens with zero attached hydrogens (tertiary/aromatic N) is 1. The van der Waals surface area contributed by atoms with Crippen molar-refractivity contribution in [3.05, 3.63) is 212 Å². The first-order chi connectivity index (χ1) is 25.3. The van der Waals surface area contributed by atoms with Crippen LogP contribution in [0.3, 0.4) is 0 Å². The second-order valence-electron chi connectivity index (χ2n) is 13.0. The highest BCUT2D eigenvalue weighted by Gasteiger charge is 2.16. The van der Waals surface area contributed by atoms with E-state index in [1.807, 2.05) is 0 Å². The molecule has 0 saturated heterocycles. The second kappa shape index (κ2) is 13.3. The Bertz CT molecular complexity index is 2600. The van der Waals surface area contributed by atoms with Crippen LogP contribution in [0.1, 0.15) is 0 Å². The van der Waals surface area contributed by atoms with Gasteiger partial charge in [0.1, 0.15) is 0 Å². The Labute approximate surface area is 299 Å². The molecule has 0 radical (unpaired) electrons. The Morgan fingerprint density at radius 2 is 0.745 bits per heavy atom. The third kappa shape index (κ3) is 5.96. The van der Waals surface area contributed by atoms with E-state index in [1.165, 1.54) is 66.1 Å². The molecule has 0 unspecified atom stereocenters. The van der Waals surface area contributed by atoms with Crippen molar-refractivity contribution in [3.8, 4) is 44.5 Å². The molecule has 0 saturated carbocycles. The minimum Gasteiger partial charge on any atom is -0.310 e. The molecule has 0 aromatic heterocycles. The lowest BCUT2D eigenvalue weighted by molar-refractivity contribution is 1.29. The molecule has 0 N–H and O–H groups in total. The summed E-state index contributed by atoms with van der Waals surface area (Å²) in [4.78, 5) is 2.36. The zero-order valence-electron chi connectivity index (χ0n) is 28.2. The van der Waals surface area contributed by atoms with Gasteiger partial charge in [-0.1, -0.05) is 170 Å². The fourth-order valence-electron chi connectivity index (χ4n) is 7.29. The lowest BCUT2D eigenvalue weighted by Gasteiger charge is -2.26. The fraction of sp³-hybridized carbons (Fsp3) is 0. The Morgan fingerprint density at radius 3 is 1.43 bits per heavy atom. The van der Waals surface area contributed by atoms with Crippen molar-refractivity contribution < 1.29 is 0 Å². The number of anilines is 3. The van der Waals surface area contributed by atoms with Gasteiger partial charge < -0.3 is 4.90 Å². The largest absolute Gasteiger partial charge is 0.310 e. The molecule has 0 spiro atoms. The van der Waals surface area contributed by atoms with E-state index in [0.717, 1.165) is 17.1 Å². The van der Waals surface area contributed by atoms with E-state index in [0.29, 0.717) is 0 Å². The van der Waals surface area contributed by atoms with Crippen LogP contribution in [0, 0.1) is 0 Å². The van der Waals surface area contributed by atoms with Crippen molar-refractivity contribution in [2.75, 3.05) is 4.90 Å². The van der Waals surface area contributed by atoms with E-state index < -0.39 is 0 Å². The molecule has 0 amide bonds. The zero-order valence-corrected chi connectivity index (χ0v) is 28.2. The monoisotopic (exact) mass is 649 g/mol. The highest BCUT2D eigenvalue weighted by Crippen LogP contribution is 2.41. The lowest BCUT2D eigenvalue weighted by Crippen LogP contribution is -2.09. The van der Waals surface area contributed by atoms with E-state index >= 15 is 0 Å². The van der Waals surface area contributed by atoms with Gasteiger partial charge in [0.15, 0.2) is 0 Å². The van der Waals surface area contributed by atoms with E-state index in [2.05, 4.69) is 217 Å². The van der Waals surface area contributed by atoms with Gasteiger partial charge in [0.25, 0.3) is 0 Å². The lowest BCUT2D eigenvalue weighted by atomic mass is 9.89. The van der Waals surface area contributed by atoms with Crippen molar-refractivity contribution >= 4 is 38.6 Å². The highest BCUT2D eigenvalue weighted by atomic mass is 15.1. The van der Waals surface area contributed by atoms with E-state index in [4.69, 9.17) is 0 Å². The van der Waals surface area contributed by atoms with Crippen molar-refractivity contribution in [3.63, 3.8) is 0 Å². The minimum absolute atomic E-state index is 1.11. The van der Waals surface area contributed by atoms with Gasteiger partial charge in [-0.25, -0.2) is 0 Å². The van der Waals surface area contributed by atoms with Crippen LogP contribution < -0.4 is 4.90 Å². The van der Waals surface area contributed by atoms with Gasteiger partial charge in [-0.3, -0.25) is 0 Å². The van der Waals surface area contributed by atoms with Gasteiger partial charge in [0.2, 0.25) is 0 Å². The maximum atomic E-state index is 2.36. The summed E-state index contributed by atoms with van der Waals surface area (Å²) in [6.45, 7) is 0. The summed E-state index contributed by atoms with van der Waals surface area (Å²) in [5, 5.41) is 4.94. The van der Waals surface area contributed by atoms with Gasteiger partial charge in [-0.2, -0.15) is 0 Å². The van der Waals surface area contributed by atoms with Crippen LogP contribution >= 0.6 is 0 Å². The number of hydrogen-bond acceptors (Lipinski definition) is 1. The number of hydrogen-bond donors (Lipinski definition) is 0. The molecule has 1 heteroatoms. The molecule has 0 aliphatic carbocycles. The fourth-order valence-corrected chi connectivity index (χ4v) is 7.29. The van der Waals surface area contributed by atoms with Gasteiger partial charge in [-0.05, 0) is 109 Å². The van der Waals surface area contributed by atoms with Crippen LogP contribution in [-0.4, -0.2) is 0 Å². The standard InChI is InChI=1S/C50H35N/c1-3-12-36(13-4-1)42-19-11-20-43(34-42)38-22-28-45(29-23-38)51(47-32-24-37-14-7-8-18-44(37)35-47)46-30-25-41(26-31-46)50-48-21-10-9-17-40(48)27-33-49(50)39-15-5-2-6-16-39/h1-35H. The molecule has 0 aliphatic heterocycles. The van der Waals surface area contributed by atoms with Crippen molar-refractivity contribution in [2.45, 2.75) is 0 Å². The summed E-state index contributed by atoms with van der Waals surface area (Å²) in [5.74, 6) is 0. The summed E-state index contributed by atoms with van der Waals surface area (Å²) in [7, 11) is 0. The van der Waals surface area contributed by atoms with Gasteiger partial charge >= 0.3 is 0 Å². The smallest absolute Gasteiger partial charge is 0.0468 e.